The number of aromatic nitrogens is 1. The molecule has 0 radical (unpaired) electrons. The maximum absolute atomic E-state index is 13.8. The summed E-state index contributed by atoms with van der Waals surface area (Å²) in [5.41, 5.74) is 5.19. The van der Waals surface area contributed by atoms with Crippen LogP contribution in [0, 0.1) is 0 Å². The maximum atomic E-state index is 13.8. The number of amides is 3. The minimum absolute atomic E-state index is 0.0138. The van der Waals surface area contributed by atoms with Gasteiger partial charge in [0, 0.05) is 42.4 Å². The van der Waals surface area contributed by atoms with Gasteiger partial charge < -0.3 is 24.8 Å². The van der Waals surface area contributed by atoms with Crippen LogP contribution in [-0.4, -0.2) is 53.5 Å². The van der Waals surface area contributed by atoms with Crippen LogP contribution in [0.4, 0.5) is 10.5 Å². The average Bonchev–Trinajstić information content (AvgIpc) is 3.40. The molecule has 0 spiro atoms. The average molecular weight is 555 g/mol. The standard InChI is InChI=1S/C34H42N4O3/c1-5-6-20-38(34(40)36-29-15-13-27(14-16-29)25(2)3)24-33(39)37(23-26-11-17-30(41-4)18-12-26)21-19-28-22-35-32-10-8-7-9-31(28)32/h7-18,22,25,35H,5-6,19-21,23-24H2,1-4H3,(H,36,40). The fourth-order valence-electron chi connectivity index (χ4n) is 4.86. The Bertz CT molecular complexity index is 1410. The lowest BCUT2D eigenvalue weighted by Gasteiger charge is -2.28. The molecule has 1 aromatic heterocycles. The second-order valence-electron chi connectivity index (χ2n) is 10.8. The summed E-state index contributed by atoms with van der Waals surface area (Å²) in [7, 11) is 1.64. The number of carbonyl (C=O) groups excluding carboxylic acids is 2. The Balaban J connectivity index is 1.50. The maximum Gasteiger partial charge on any atom is 0.322 e. The molecule has 3 aromatic carbocycles. The molecule has 0 aliphatic rings. The van der Waals surface area contributed by atoms with Gasteiger partial charge in [-0.15, -0.1) is 0 Å². The van der Waals surface area contributed by atoms with E-state index in [9.17, 15) is 9.59 Å². The normalized spacial score (nSPS) is 11.0. The predicted molar refractivity (Wildman–Crippen MR) is 166 cm³/mol. The summed E-state index contributed by atoms with van der Waals surface area (Å²) in [6, 6.07) is 23.6. The predicted octanol–water partition coefficient (Wildman–Crippen LogP) is 7.21. The zero-order chi connectivity index (χ0) is 29.2. The topological polar surface area (TPSA) is 77.7 Å². The molecular weight excluding hydrogens is 512 g/mol. The third-order valence-corrected chi connectivity index (χ3v) is 7.43. The highest BCUT2D eigenvalue weighted by atomic mass is 16.5. The van der Waals surface area contributed by atoms with E-state index in [1.54, 1.807) is 12.0 Å². The number of para-hydroxylation sites is 1. The minimum Gasteiger partial charge on any atom is -0.497 e. The molecule has 7 heteroatoms. The van der Waals surface area contributed by atoms with Crippen LogP contribution in [0.15, 0.2) is 79.0 Å². The Morgan fingerprint density at radius 3 is 2.34 bits per heavy atom. The van der Waals surface area contributed by atoms with Gasteiger partial charge >= 0.3 is 6.03 Å². The van der Waals surface area contributed by atoms with E-state index >= 15 is 0 Å². The van der Waals surface area contributed by atoms with Crippen molar-refractivity contribution in [2.45, 2.75) is 52.5 Å². The third-order valence-electron chi connectivity index (χ3n) is 7.43. The van der Waals surface area contributed by atoms with Crippen LogP contribution in [0.25, 0.3) is 10.9 Å². The third kappa shape index (κ3) is 8.13. The smallest absolute Gasteiger partial charge is 0.322 e. The molecule has 4 aromatic rings. The summed E-state index contributed by atoms with van der Waals surface area (Å²) in [5, 5.41) is 4.16. The van der Waals surface area contributed by atoms with Gasteiger partial charge in [0.2, 0.25) is 5.91 Å². The Morgan fingerprint density at radius 2 is 1.66 bits per heavy atom. The fourth-order valence-corrected chi connectivity index (χ4v) is 4.86. The summed E-state index contributed by atoms with van der Waals surface area (Å²) in [5.74, 6) is 1.11. The SMILES string of the molecule is CCCCN(CC(=O)N(CCc1c[nH]c2ccccc12)Cc1ccc(OC)cc1)C(=O)Nc1ccc(C(C)C)cc1. The van der Waals surface area contributed by atoms with E-state index in [0.717, 1.165) is 40.7 Å². The van der Waals surface area contributed by atoms with Crippen molar-refractivity contribution in [1.29, 1.82) is 0 Å². The van der Waals surface area contributed by atoms with Crippen LogP contribution in [0.3, 0.4) is 0 Å². The van der Waals surface area contributed by atoms with Gasteiger partial charge in [-0.05, 0) is 65.8 Å². The lowest BCUT2D eigenvalue weighted by Crippen LogP contribution is -2.45. The molecule has 0 unspecified atom stereocenters. The van der Waals surface area contributed by atoms with E-state index < -0.39 is 0 Å². The van der Waals surface area contributed by atoms with E-state index in [1.807, 2.05) is 71.8 Å². The first kappa shape index (κ1) is 29.7. The molecule has 4 rings (SSSR count). The summed E-state index contributed by atoms with van der Waals surface area (Å²) < 4.78 is 5.31. The molecule has 0 saturated carbocycles. The summed E-state index contributed by atoms with van der Waals surface area (Å²) in [6.45, 7) is 7.87. The van der Waals surface area contributed by atoms with Gasteiger partial charge in [0.1, 0.15) is 12.3 Å². The largest absolute Gasteiger partial charge is 0.497 e. The van der Waals surface area contributed by atoms with Crippen LogP contribution in [0.5, 0.6) is 5.75 Å². The second kappa shape index (κ2) is 14.4. The van der Waals surface area contributed by atoms with Gasteiger partial charge in [-0.25, -0.2) is 4.79 Å². The fraction of sp³-hybridized carbons (Fsp3) is 0.353. The number of nitrogens with zero attached hydrogens (tertiary/aromatic N) is 2. The molecule has 1 heterocycles. The summed E-state index contributed by atoms with van der Waals surface area (Å²) in [4.78, 5) is 34.0. The van der Waals surface area contributed by atoms with Gasteiger partial charge in [0.05, 0.1) is 7.11 Å². The second-order valence-corrected chi connectivity index (χ2v) is 10.8. The number of ether oxygens (including phenoxy) is 1. The van der Waals surface area contributed by atoms with E-state index in [-0.39, 0.29) is 18.5 Å². The number of rotatable bonds is 13. The monoisotopic (exact) mass is 554 g/mol. The van der Waals surface area contributed by atoms with Gasteiger partial charge in [0.15, 0.2) is 0 Å². The van der Waals surface area contributed by atoms with Gasteiger partial charge in [-0.2, -0.15) is 0 Å². The number of fused-ring (bicyclic) bond motifs is 1. The quantitative estimate of drug-likeness (QED) is 0.183. The number of methoxy groups -OCH3 is 1. The number of hydrogen-bond donors (Lipinski definition) is 2. The first-order valence-electron chi connectivity index (χ1n) is 14.5. The van der Waals surface area contributed by atoms with Crippen molar-refractivity contribution in [2.24, 2.45) is 0 Å². The zero-order valence-corrected chi connectivity index (χ0v) is 24.7. The number of hydrogen-bond acceptors (Lipinski definition) is 3. The molecule has 7 nitrogen and oxygen atoms in total. The Labute approximate surface area is 243 Å². The molecule has 0 bridgehead atoms. The highest BCUT2D eigenvalue weighted by Crippen LogP contribution is 2.20. The van der Waals surface area contributed by atoms with Crippen molar-refractivity contribution in [3.63, 3.8) is 0 Å². The van der Waals surface area contributed by atoms with Crippen molar-refractivity contribution >= 4 is 28.5 Å². The van der Waals surface area contributed by atoms with Crippen LogP contribution < -0.4 is 10.1 Å². The Kier molecular flexibility index (Phi) is 10.4. The van der Waals surface area contributed by atoms with Crippen LogP contribution in [-0.2, 0) is 17.8 Å². The Morgan fingerprint density at radius 1 is 0.927 bits per heavy atom. The van der Waals surface area contributed by atoms with E-state index in [0.29, 0.717) is 32.0 Å². The molecule has 0 aliphatic carbocycles. The van der Waals surface area contributed by atoms with E-state index in [4.69, 9.17) is 4.74 Å². The molecule has 41 heavy (non-hydrogen) atoms. The number of anilines is 1. The first-order valence-corrected chi connectivity index (χ1v) is 14.5. The van der Waals surface area contributed by atoms with Crippen molar-refractivity contribution in [3.8, 4) is 5.75 Å². The van der Waals surface area contributed by atoms with Crippen molar-refractivity contribution < 1.29 is 14.3 Å². The number of benzene rings is 3. The highest BCUT2D eigenvalue weighted by molar-refractivity contribution is 5.92. The zero-order valence-electron chi connectivity index (χ0n) is 24.7. The number of urea groups is 1. The summed E-state index contributed by atoms with van der Waals surface area (Å²) >= 11 is 0. The van der Waals surface area contributed by atoms with Gasteiger partial charge in [-0.3, -0.25) is 4.79 Å². The molecule has 0 fully saturated rings. The van der Waals surface area contributed by atoms with Crippen molar-refractivity contribution in [2.75, 3.05) is 32.1 Å². The van der Waals surface area contributed by atoms with Crippen LogP contribution in [0.1, 0.15) is 56.2 Å². The van der Waals surface area contributed by atoms with Crippen LogP contribution in [0.2, 0.25) is 0 Å². The summed E-state index contributed by atoms with van der Waals surface area (Å²) in [6.07, 6.45) is 4.47. The number of carbonyl (C=O) groups is 2. The number of aromatic amines is 1. The number of unbranched alkanes of at least 4 members (excludes halogenated alkanes) is 1. The minimum atomic E-state index is -0.259. The lowest BCUT2D eigenvalue weighted by molar-refractivity contribution is -0.132. The molecule has 0 saturated heterocycles. The van der Waals surface area contributed by atoms with Gasteiger partial charge in [0.25, 0.3) is 0 Å². The first-order chi connectivity index (χ1) is 19.9. The number of nitrogens with one attached hydrogen (secondary N) is 2. The van der Waals surface area contributed by atoms with E-state index in [2.05, 4.69) is 43.2 Å². The molecule has 2 N–H and O–H groups in total. The Hall–Kier alpha value is -4.26. The van der Waals surface area contributed by atoms with Crippen molar-refractivity contribution in [1.82, 2.24) is 14.8 Å². The lowest BCUT2D eigenvalue weighted by atomic mass is 10.0. The highest BCUT2D eigenvalue weighted by Gasteiger charge is 2.22. The molecule has 216 valence electrons. The number of H-pyrrole nitrogens is 1. The molecule has 0 aliphatic heterocycles. The van der Waals surface area contributed by atoms with Crippen LogP contribution >= 0.6 is 0 Å². The van der Waals surface area contributed by atoms with E-state index in [1.165, 1.54) is 11.1 Å². The molecule has 0 atom stereocenters. The van der Waals surface area contributed by atoms with Crippen molar-refractivity contribution in [3.05, 3.63) is 95.7 Å². The van der Waals surface area contributed by atoms with Gasteiger partial charge in [-0.1, -0.05) is 69.7 Å². The molecule has 3 amide bonds. The molecular formula is C34H42N4O3.